The molecule has 0 aromatic heterocycles. The minimum atomic E-state index is -0.0824. The van der Waals surface area contributed by atoms with Crippen molar-refractivity contribution in [3.8, 4) is 0 Å². The van der Waals surface area contributed by atoms with Crippen molar-refractivity contribution in [3.63, 3.8) is 0 Å². The number of rotatable bonds is 7. The molecule has 1 unspecified atom stereocenters. The molecule has 1 aromatic carbocycles. The average molecular weight is 289 g/mol. The quantitative estimate of drug-likeness (QED) is 0.758. The first kappa shape index (κ1) is 15.8. The highest BCUT2D eigenvalue weighted by molar-refractivity contribution is 5.95. The molecule has 1 saturated carbocycles. The summed E-state index contributed by atoms with van der Waals surface area (Å²) in [7, 11) is 0. The number of unbranched alkanes of at least 4 members (excludes halogenated alkanes) is 1. The zero-order chi connectivity index (χ0) is 15.4. The smallest absolute Gasteiger partial charge is 0.241 e. The maximum atomic E-state index is 12.5. The fourth-order valence-electron chi connectivity index (χ4n) is 2.65. The maximum absolute atomic E-state index is 12.5. The minimum absolute atomic E-state index is 0.0749. The predicted octanol–water partition coefficient (Wildman–Crippen LogP) is 3.17. The third-order valence-electron chi connectivity index (χ3n) is 4.17. The molecule has 4 nitrogen and oxygen atoms in total. The molecular formula is C17H27N3O. The predicted molar refractivity (Wildman–Crippen MR) is 88.3 cm³/mol. The molecule has 116 valence electrons. The van der Waals surface area contributed by atoms with Crippen molar-refractivity contribution in [1.82, 2.24) is 4.90 Å². The standard InChI is InChI=1S/C17H27N3O/c1-4-5-10-20(15-7-8-15)13(3)17(21)19-16-9-6-14(18)11-12(16)2/h6,9,11,13,15H,4-5,7-8,10,18H2,1-3H3,(H,19,21). The lowest BCUT2D eigenvalue weighted by Crippen LogP contribution is -2.44. The summed E-state index contributed by atoms with van der Waals surface area (Å²) < 4.78 is 0. The average Bonchev–Trinajstić information content (AvgIpc) is 3.26. The molecule has 21 heavy (non-hydrogen) atoms. The van der Waals surface area contributed by atoms with Crippen LogP contribution in [0.1, 0.15) is 45.1 Å². The topological polar surface area (TPSA) is 58.4 Å². The van der Waals surface area contributed by atoms with Crippen molar-refractivity contribution >= 4 is 17.3 Å². The van der Waals surface area contributed by atoms with Crippen LogP contribution in [0.2, 0.25) is 0 Å². The summed E-state index contributed by atoms with van der Waals surface area (Å²) in [6.45, 7) is 7.17. The Morgan fingerprint density at radius 2 is 2.19 bits per heavy atom. The minimum Gasteiger partial charge on any atom is -0.399 e. The lowest BCUT2D eigenvalue weighted by atomic mass is 10.1. The van der Waals surface area contributed by atoms with Crippen LogP contribution in [0.4, 0.5) is 11.4 Å². The fraction of sp³-hybridized carbons (Fsp3) is 0.588. The first-order valence-corrected chi connectivity index (χ1v) is 7.95. The van der Waals surface area contributed by atoms with Gasteiger partial charge < -0.3 is 11.1 Å². The Bertz CT molecular complexity index is 497. The normalized spacial score (nSPS) is 16.0. The Hall–Kier alpha value is -1.55. The number of nitrogens with one attached hydrogen (secondary N) is 1. The Morgan fingerprint density at radius 1 is 1.48 bits per heavy atom. The van der Waals surface area contributed by atoms with Gasteiger partial charge in [-0.05, 0) is 63.4 Å². The highest BCUT2D eigenvalue weighted by Crippen LogP contribution is 2.29. The Kier molecular flexibility index (Phi) is 5.23. The van der Waals surface area contributed by atoms with Gasteiger partial charge in [0.2, 0.25) is 5.91 Å². The molecule has 1 aliphatic carbocycles. The van der Waals surface area contributed by atoms with E-state index in [0.717, 1.165) is 36.3 Å². The number of nitrogens with two attached hydrogens (primary N) is 1. The molecule has 1 atom stereocenters. The molecule has 0 radical (unpaired) electrons. The van der Waals surface area contributed by atoms with Crippen LogP contribution >= 0.6 is 0 Å². The van der Waals surface area contributed by atoms with E-state index in [4.69, 9.17) is 5.73 Å². The van der Waals surface area contributed by atoms with Crippen LogP contribution < -0.4 is 11.1 Å². The van der Waals surface area contributed by atoms with E-state index in [9.17, 15) is 4.79 Å². The van der Waals surface area contributed by atoms with Gasteiger partial charge in [0.1, 0.15) is 0 Å². The molecule has 1 fully saturated rings. The number of aryl methyl sites for hydroxylation is 1. The monoisotopic (exact) mass is 289 g/mol. The van der Waals surface area contributed by atoms with E-state index < -0.39 is 0 Å². The van der Waals surface area contributed by atoms with E-state index in [2.05, 4.69) is 17.1 Å². The summed E-state index contributed by atoms with van der Waals surface area (Å²) in [4.78, 5) is 14.9. The van der Waals surface area contributed by atoms with E-state index in [1.165, 1.54) is 12.8 Å². The molecule has 0 bridgehead atoms. The molecule has 3 N–H and O–H groups in total. The lowest BCUT2D eigenvalue weighted by Gasteiger charge is -2.28. The molecule has 0 aliphatic heterocycles. The molecular weight excluding hydrogens is 262 g/mol. The summed E-state index contributed by atoms with van der Waals surface area (Å²) in [6.07, 6.45) is 4.76. The van der Waals surface area contributed by atoms with Gasteiger partial charge in [-0.15, -0.1) is 0 Å². The van der Waals surface area contributed by atoms with Gasteiger partial charge in [0.15, 0.2) is 0 Å². The number of hydrogen-bond acceptors (Lipinski definition) is 3. The molecule has 0 saturated heterocycles. The Labute approximate surface area is 127 Å². The number of carbonyl (C=O) groups is 1. The van der Waals surface area contributed by atoms with Crippen molar-refractivity contribution in [2.75, 3.05) is 17.6 Å². The van der Waals surface area contributed by atoms with Crippen molar-refractivity contribution in [3.05, 3.63) is 23.8 Å². The van der Waals surface area contributed by atoms with Crippen molar-refractivity contribution in [1.29, 1.82) is 0 Å². The van der Waals surface area contributed by atoms with Gasteiger partial charge in [-0.2, -0.15) is 0 Å². The van der Waals surface area contributed by atoms with Gasteiger partial charge in [0.05, 0.1) is 6.04 Å². The number of benzene rings is 1. The van der Waals surface area contributed by atoms with E-state index in [0.29, 0.717) is 6.04 Å². The summed E-state index contributed by atoms with van der Waals surface area (Å²) in [5.41, 5.74) is 8.33. The molecule has 0 heterocycles. The molecule has 1 amide bonds. The Morgan fingerprint density at radius 3 is 2.76 bits per heavy atom. The van der Waals surface area contributed by atoms with Gasteiger partial charge >= 0.3 is 0 Å². The number of hydrogen-bond donors (Lipinski definition) is 2. The lowest BCUT2D eigenvalue weighted by molar-refractivity contribution is -0.121. The van der Waals surface area contributed by atoms with Gasteiger partial charge in [-0.3, -0.25) is 9.69 Å². The second-order valence-electron chi connectivity index (χ2n) is 6.06. The molecule has 1 aliphatic rings. The van der Waals surface area contributed by atoms with E-state index >= 15 is 0 Å². The maximum Gasteiger partial charge on any atom is 0.241 e. The molecule has 1 aromatic rings. The second kappa shape index (κ2) is 6.94. The molecule has 4 heteroatoms. The third-order valence-corrected chi connectivity index (χ3v) is 4.17. The number of amides is 1. The summed E-state index contributed by atoms with van der Waals surface area (Å²) >= 11 is 0. The molecule has 0 spiro atoms. The number of anilines is 2. The highest BCUT2D eigenvalue weighted by Gasteiger charge is 2.34. The van der Waals surface area contributed by atoms with E-state index in [-0.39, 0.29) is 11.9 Å². The largest absolute Gasteiger partial charge is 0.399 e. The van der Waals surface area contributed by atoms with Crippen molar-refractivity contribution in [2.45, 2.75) is 58.5 Å². The number of nitrogens with zero attached hydrogens (tertiary/aromatic N) is 1. The van der Waals surface area contributed by atoms with Crippen molar-refractivity contribution < 1.29 is 4.79 Å². The Balaban J connectivity index is 2.00. The first-order valence-electron chi connectivity index (χ1n) is 7.95. The van der Waals surface area contributed by atoms with Crippen LogP contribution in [0.3, 0.4) is 0 Å². The third kappa shape index (κ3) is 4.21. The number of nitrogen functional groups attached to an aromatic ring is 1. The fourth-order valence-corrected chi connectivity index (χ4v) is 2.65. The zero-order valence-electron chi connectivity index (χ0n) is 13.4. The van der Waals surface area contributed by atoms with Gasteiger partial charge in [0.25, 0.3) is 0 Å². The van der Waals surface area contributed by atoms with Crippen LogP contribution in [0.25, 0.3) is 0 Å². The van der Waals surface area contributed by atoms with Crippen LogP contribution in [0.5, 0.6) is 0 Å². The van der Waals surface area contributed by atoms with Crippen LogP contribution in [-0.4, -0.2) is 29.4 Å². The SMILES string of the molecule is CCCCN(C1CC1)C(C)C(=O)Nc1ccc(N)cc1C. The van der Waals surface area contributed by atoms with Crippen LogP contribution in [0, 0.1) is 6.92 Å². The van der Waals surface area contributed by atoms with Gasteiger partial charge in [0, 0.05) is 17.4 Å². The van der Waals surface area contributed by atoms with Gasteiger partial charge in [-0.1, -0.05) is 13.3 Å². The van der Waals surface area contributed by atoms with Crippen LogP contribution in [-0.2, 0) is 4.79 Å². The molecule has 2 rings (SSSR count). The van der Waals surface area contributed by atoms with Crippen LogP contribution in [0.15, 0.2) is 18.2 Å². The zero-order valence-corrected chi connectivity index (χ0v) is 13.4. The second-order valence-corrected chi connectivity index (χ2v) is 6.06. The van der Waals surface area contributed by atoms with Crippen molar-refractivity contribution in [2.24, 2.45) is 0 Å². The van der Waals surface area contributed by atoms with Gasteiger partial charge in [-0.25, -0.2) is 0 Å². The highest BCUT2D eigenvalue weighted by atomic mass is 16.2. The first-order chi connectivity index (χ1) is 10.0. The van der Waals surface area contributed by atoms with E-state index in [1.54, 1.807) is 0 Å². The summed E-state index contributed by atoms with van der Waals surface area (Å²) in [5.74, 6) is 0.0749. The van der Waals surface area contributed by atoms with E-state index in [1.807, 2.05) is 32.0 Å². The number of carbonyl (C=O) groups excluding carboxylic acids is 1. The summed E-state index contributed by atoms with van der Waals surface area (Å²) in [6, 6.07) is 6.10. The summed E-state index contributed by atoms with van der Waals surface area (Å²) in [5, 5.41) is 3.04.